The van der Waals surface area contributed by atoms with E-state index in [1.165, 1.54) is 0 Å². The third kappa shape index (κ3) is 2.58. The van der Waals surface area contributed by atoms with E-state index in [-0.39, 0.29) is 17.6 Å². The molecule has 3 rings (SSSR count). The molecule has 1 aromatic heterocycles. The summed E-state index contributed by atoms with van der Waals surface area (Å²) >= 11 is 0. The first-order valence-corrected chi connectivity index (χ1v) is 7.06. The number of nitrogen functional groups attached to an aromatic ring is 1. The van der Waals surface area contributed by atoms with E-state index in [9.17, 15) is 4.79 Å². The first-order valence-electron chi connectivity index (χ1n) is 7.06. The number of amides is 1. The molecule has 1 aromatic carbocycles. The van der Waals surface area contributed by atoms with Crippen molar-refractivity contribution in [3.05, 3.63) is 23.9 Å². The number of nitrogens with one attached hydrogen (secondary N) is 1. The van der Waals surface area contributed by atoms with Crippen molar-refractivity contribution in [2.24, 2.45) is 0 Å². The standard InChI is InChI=1S/C15H20N4O2/c1-9-7-19(8-15(2,3)21-9)14(20)13-11-6-10(16)4-5-12(11)17-18-13/h4-6,9H,7-8,16H2,1-3H3,(H,17,18). The molecule has 1 amide bonds. The highest BCUT2D eigenvalue weighted by Gasteiger charge is 2.35. The second kappa shape index (κ2) is 4.73. The predicted octanol–water partition coefficient (Wildman–Crippen LogP) is 1.78. The summed E-state index contributed by atoms with van der Waals surface area (Å²) in [5.74, 6) is -0.0879. The Morgan fingerprint density at radius 2 is 2.29 bits per heavy atom. The fraction of sp³-hybridized carbons (Fsp3) is 0.467. The van der Waals surface area contributed by atoms with Gasteiger partial charge in [0.05, 0.1) is 17.2 Å². The van der Waals surface area contributed by atoms with Crippen LogP contribution in [-0.2, 0) is 4.74 Å². The number of carbonyl (C=O) groups excluding carboxylic acids is 1. The van der Waals surface area contributed by atoms with Crippen LogP contribution >= 0.6 is 0 Å². The Balaban J connectivity index is 1.95. The Bertz CT molecular complexity index is 692. The molecule has 2 aromatic rings. The summed E-state index contributed by atoms with van der Waals surface area (Å²) in [7, 11) is 0. The number of aromatic amines is 1. The third-order valence-electron chi connectivity index (χ3n) is 3.65. The average molecular weight is 288 g/mol. The molecule has 0 aliphatic carbocycles. The normalized spacial score (nSPS) is 21.7. The van der Waals surface area contributed by atoms with Gasteiger partial charge >= 0.3 is 0 Å². The zero-order chi connectivity index (χ0) is 15.2. The van der Waals surface area contributed by atoms with E-state index in [1.807, 2.05) is 26.8 Å². The van der Waals surface area contributed by atoms with Gasteiger partial charge in [-0.3, -0.25) is 9.89 Å². The number of benzene rings is 1. The van der Waals surface area contributed by atoms with Crippen LogP contribution in [0.25, 0.3) is 10.9 Å². The topological polar surface area (TPSA) is 84.2 Å². The van der Waals surface area contributed by atoms with Gasteiger partial charge in [0.15, 0.2) is 5.69 Å². The minimum Gasteiger partial charge on any atom is -0.399 e. The molecule has 21 heavy (non-hydrogen) atoms. The van der Waals surface area contributed by atoms with Gasteiger partial charge in [0.1, 0.15) is 0 Å². The zero-order valence-electron chi connectivity index (χ0n) is 12.5. The number of hydrogen-bond donors (Lipinski definition) is 2. The Kier molecular flexibility index (Phi) is 3.13. The highest BCUT2D eigenvalue weighted by molar-refractivity contribution is 6.05. The number of fused-ring (bicyclic) bond motifs is 1. The molecule has 6 nitrogen and oxygen atoms in total. The van der Waals surface area contributed by atoms with Crippen molar-refractivity contribution in [3.63, 3.8) is 0 Å². The lowest BCUT2D eigenvalue weighted by atomic mass is 10.0. The number of carbonyl (C=O) groups is 1. The van der Waals surface area contributed by atoms with Gasteiger partial charge in [-0.15, -0.1) is 0 Å². The number of morpholine rings is 1. The number of nitrogens with zero attached hydrogens (tertiary/aromatic N) is 2. The molecule has 3 N–H and O–H groups in total. The van der Waals surface area contributed by atoms with Crippen LogP contribution in [0.2, 0.25) is 0 Å². The van der Waals surface area contributed by atoms with Crippen molar-refractivity contribution in [2.45, 2.75) is 32.5 Å². The Labute approximate surface area is 123 Å². The number of nitrogens with two attached hydrogens (primary N) is 1. The molecular weight excluding hydrogens is 268 g/mol. The number of ether oxygens (including phenoxy) is 1. The molecule has 0 radical (unpaired) electrons. The molecule has 0 bridgehead atoms. The number of H-pyrrole nitrogens is 1. The second-order valence-corrected chi connectivity index (χ2v) is 6.25. The molecular formula is C15H20N4O2. The summed E-state index contributed by atoms with van der Waals surface area (Å²) in [5, 5.41) is 7.82. The van der Waals surface area contributed by atoms with Gasteiger partial charge in [0.2, 0.25) is 0 Å². The summed E-state index contributed by atoms with van der Waals surface area (Å²) in [6.45, 7) is 7.07. The van der Waals surface area contributed by atoms with Gasteiger partial charge in [0, 0.05) is 24.2 Å². The van der Waals surface area contributed by atoms with E-state index in [2.05, 4.69) is 10.2 Å². The number of rotatable bonds is 1. The summed E-state index contributed by atoms with van der Waals surface area (Å²) in [6, 6.07) is 5.40. The van der Waals surface area contributed by atoms with Crippen LogP contribution in [0.3, 0.4) is 0 Å². The van der Waals surface area contributed by atoms with Crippen molar-refractivity contribution < 1.29 is 9.53 Å². The first-order chi connectivity index (χ1) is 9.85. The van der Waals surface area contributed by atoms with E-state index in [0.717, 1.165) is 10.9 Å². The van der Waals surface area contributed by atoms with Crippen molar-refractivity contribution >= 4 is 22.5 Å². The lowest BCUT2D eigenvalue weighted by Crippen LogP contribution is -2.53. The monoisotopic (exact) mass is 288 g/mol. The number of aromatic nitrogens is 2. The maximum atomic E-state index is 12.8. The van der Waals surface area contributed by atoms with Crippen LogP contribution in [0.1, 0.15) is 31.3 Å². The molecule has 112 valence electrons. The largest absolute Gasteiger partial charge is 0.399 e. The van der Waals surface area contributed by atoms with Gasteiger partial charge in [-0.25, -0.2) is 0 Å². The summed E-state index contributed by atoms with van der Waals surface area (Å²) in [5.41, 5.74) is 7.31. The Hall–Kier alpha value is -2.08. The van der Waals surface area contributed by atoms with Gasteiger partial charge < -0.3 is 15.4 Å². The van der Waals surface area contributed by atoms with E-state index < -0.39 is 0 Å². The van der Waals surface area contributed by atoms with E-state index >= 15 is 0 Å². The van der Waals surface area contributed by atoms with Crippen molar-refractivity contribution in [3.8, 4) is 0 Å². The first kappa shape index (κ1) is 13.9. The second-order valence-electron chi connectivity index (χ2n) is 6.25. The maximum Gasteiger partial charge on any atom is 0.275 e. The lowest BCUT2D eigenvalue weighted by molar-refractivity contribution is -0.118. The SMILES string of the molecule is CC1CN(C(=O)c2n[nH]c3ccc(N)cc23)CC(C)(C)O1. The van der Waals surface area contributed by atoms with Gasteiger partial charge in [0.25, 0.3) is 5.91 Å². The van der Waals surface area contributed by atoms with Gasteiger partial charge in [-0.1, -0.05) is 0 Å². The van der Waals surface area contributed by atoms with Crippen molar-refractivity contribution in [2.75, 3.05) is 18.8 Å². The highest BCUT2D eigenvalue weighted by atomic mass is 16.5. The third-order valence-corrected chi connectivity index (χ3v) is 3.65. The molecule has 6 heteroatoms. The molecule has 1 atom stereocenters. The molecule has 0 saturated carbocycles. The van der Waals surface area contributed by atoms with Crippen LogP contribution in [0.4, 0.5) is 5.69 Å². The molecule has 1 unspecified atom stereocenters. The summed E-state index contributed by atoms with van der Waals surface area (Å²) < 4.78 is 5.84. The van der Waals surface area contributed by atoms with E-state index in [0.29, 0.717) is 24.5 Å². The molecule has 1 fully saturated rings. The number of hydrogen-bond acceptors (Lipinski definition) is 4. The highest BCUT2D eigenvalue weighted by Crippen LogP contribution is 2.25. The summed E-state index contributed by atoms with van der Waals surface area (Å²) in [4.78, 5) is 14.6. The minimum atomic E-state index is -0.349. The van der Waals surface area contributed by atoms with Crippen LogP contribution < -0.4 is 5.73 Å². The minimum absolute atomic E-state index is 0.00738. The Morgan fingerprint density at radius 3 is 3.00 bits per heavy atom. The van der Waals surface area contributed by atoms with Crippen LogP contribution in [-0.4, -0.2) is 45.8 Å². The average Bonchev–Trinajstić information content (AvgIpc) is 2.78. The molecule has 1 aliphatic rings. The zero-order valence-corrected chi connectivity index (χ0v) is 12.5. The predicted molar refractivity (Wildman–Crippen MR) is 81.0 cm³/mol. The van der Waals surface area contributed by atoms with E-state index in [4.69, 9.17) is 10.5 Å². The smallest absolute Gasteiger partial charge is 0.275 e. The van der Waals surface area contributed by atoms with Crippen LogP contribution in [0.15, 0.2) is 18.2 Å². The van der Waals surface area contributed by atoms with Gasteiger partial charge in [-0.05, 0) is 39.0 Å². The lowest BCUT2D eigenvalue weighted by Gasteiger charge is -2.41. The Morgan fingerprint density at radius 1 is 1.52 bits per heavy atom. The summed E-state index contributed by atoms with van der Waals surface area (Å²) in [6.07, 6.45) is 0.00738. The number of anilines is 1. The molecule has 0 spiro atoms. The van der Waals surface area contributed by atoms with E-state index in [1.54, 1.807) is 17.0 Å². The molecule has 2 heterocycles. The van der Waals surface area contributed by atoms with Crippen LogP contribution in [0.5, 0.6) is 0 Å². The van der Waals surface area contributed by atoms with Crippen LogP contribution in [0, 0.1) is 0 Å². The quantitative estimate of drug-likeness (QED) is 0.783. The molecule has 1 aliphatic heterocycles. The fourth-order valence-electron chi connectivity index (χ4n) is 2.95. The van der Waals surface area contributed by atoms with Crippen molar-refractivity contribution in [1.29, 1.82) is 0 Å². The van der Waals surface area contributed by atoms with Crippen molar-refractivity contribution in [1.82, 2.24) is 15.1 Å². The fourth-order valence-corrected chi connectivity index (χ4v) is 2.95. The molecule has 1 saturated heterocycles. The van der Waals surface area contributed by atoms with Gasteiger partial charge in [-0.2, -0.15) is 5.10 Å². The maximum absolute atomic E-state index is 12.8.